The standard InChI is InChI=1S/C45H55FN12O13P2Si/c1-25(2)39(59)55-43-54-38-31(41(61)56-43)52-23-57(38)32-27-19-45(27)21-67-73(63,65-18-16-48-6)69-33-28(20-66-72(62,64-17-12-15-47)70-34(32)35(45)71-74(7,8)44(3,4)5)68-42(29(33)46)58-24-51-30-36(49-22-50-37(30)58)53-40(60)26-13-10-9-11-14-26/h9-11,13-14,22-25,27-29,32-35,42H,12,16-21H2,1-5,7-8H3,(H,49,50,53,60)(H2,54,55,56,59,61)/t27-,28-,29-,32-,33-,34+,35+,42-,45?,72?,73?/m1/s1. The van der Waals surface area contributed by atoms with E-state index in [1.54, 1.807) is 48.7 Å². The number of hydrogen-bond donors (Lipinski definition) is 3. The number of fused-ring (bicyclic) bond motifs is 4. The Kier molecular flexibility index (Phi) is 14.7. The zero-order valence-corrected chi connectivity index (χ0v) is 44.2. The zero-order chi connectivity index (χ0) is 53.0. The lowest BCUT2D eigenvalue weighted by atomic mass is 10.0. The number of carbonyl (C=O) groups is 2. The molecule has 74 heavy (non-hydrogen) atoms. The van der Waals surface area contributed by atoms with Crippen LogP contribution in [0.2, 0.25) is 18.1 Å². The van der Waals surface area contributed by atoms with Gasteiger partial charge in [0.25, 0.3) is 11.5 Å². The van der Waals surface area contributed by atoms with Gasteiger partial charge in [-0.25, -0.2) is 40.0 Å². The summed E-state index contributed by atoms with van der Waals surface area (Å²) in [6.07, 6.45) is -6.05. The summed E-state index contributed by atoms with van der Waals surface area (Å²) in [5.74, 6) is -2.12. The highest BCUT2D eigenvalue weighted by Crippen LogP contribution is 2.73. The molecule has 25 nitrogen and oxygen atoms in total. The van der Waals surface area contributed by atoms with E-state index in [1.807, 2.05) is 39.9 Å². The molecular weight excluding hydrogens is 1030 g/mol. The van der Waals surface area contributed by atoms with Crippen LogP contribution in [0.5, 0.6) is 0 Å². The van der Waals surface area contributed by atoms with Gasteiger partial charge in [0, 0.05) is 16.9 Å². The van der Waals surface area contributed by atoms with Crippen molar-refractivity contribution in [2.24, 2.45) is 17.3 Å². The Morgan fingerprint density at radius 1 is 1.01 bits per heavy atom. The highest BCUT2D eigenvalue weighted by molar-refractivity contribution is 7.48. The molecule has 3 unspecified atom stereocenters. The second-order valence-corrected chi connectivity index (χ2v) is 28.2. The number of carbonyl (C=O) groups excluding carboxylic acids is 2. The minimum absolute atomic E-state index is 0.00278. The van der Waals surface area contributed by atoms with Gasteiger partial charge in [-0.15, -0.1) is 0 Å². The first-order valence-corrected chi connectivity index (χ1v) is 29.6. The van der Waals surface area contributed by atoms with Crippen LogP contribution >= 0.6 is 15.6 Å². The van der Waals surface area contributed by atoms with E-state index in [-0.39, 0.29) is 53.5 Å². The molecule has 4 fully saturated rings. The molecule has 2 aliphatic heterocycles. The molecule has 2 bridgehead atoms. The third kappa shape index (κ3) is 10.2. The third-order valence-electron chi connectivity index (χ3n) is 14.0. The fraction of sp³-hybridized carbons (Fsp3) is 0.556. The predicted octanol–water partition coefficient (Wildman–Crippen LogP) is 6.89. The summed E-state index contributed by atoms with van der Waals surface area (Å²) in [6, 6.07) is 9.32. The number of phosphoric acid groups is 2. The highest BCUT2D eigenvalue weighted by atomic mass is 31.2. The van der Waals surface area contributed by atoms with Gasteiger partial charge in [0.15, 0.2) is 48.9 Å². The minimum atomic E-state index is -4.95. The van der Waals surface area contributed by atoms with Crippen LogP contribution in [-0.4, -0.2) is 123 Å². The van der Waals surface area contributed by atoms with E-state index in [9.17, 15) is 19.6 Å². The van der Waals surface area contributed by atoms with E-state index in [4.69, 9.17) is 42.9 Å². The van der Waals surface area contributed by atoms with Gasteiger partial charge < -0.3 is 23.9 Å². The summed E-state index contributed by atoms with van der Waals surface area (Å²) >= 11 is 0. The number of nitrogens with one attached hydrogen (secondary N) is 3. The number of ether oxygens (including phenoxy) is 1. The monoisotopic (exact) mass is 1080 g/mol. The number of halogens is 1. The Balaban J connectivity index is 1.13. The number of aromatic amines is 1. The first-order chi connectivity index (χ1) is 35.1. The predicted molar refractivity (Wildman–Crippen MR) is 262 cm³/mol. The average Bonchev–Trinajstić information content (AvgIpc) is 3.61. The maximum atomic E-state index is 17.4. The third-order valence-corrected chi connectivity index (χ3v) is 21.4. The van der Waals surface area contributed by atoms with Crippen molar-refractivity contribution in [1.82, 2.24) is 39.0 Å². The molecule has 2 saturated heterocycles. The van der Waals surface area contributed by atoms with Gasteiger partial charge in [0.05, 0.1) is 57.1 Å². The fourth-order valence-corrected chi connectivity index (χ4v) is 13.3. The quantitative estimate of drug-likeness (QED) is 0.0441. The van der Waals surface area contributed by atoms with Crippen molar-refractivity contribution < 1.29 is 59.4 Å². The van der Waals surface area contributed by atoms with E-state index >= 15 is 13.5 Å². The highest BCUT2D eigenvalue weighted by Gasteiger charge is 2.75. The fourth-order valence-electron chi connectivity index (χ4n) is 9.07. The van der Waals surface area contributed by atoms with Crippen LogP contribution in [0, 0.1) is 35.2 Å². The lowest BCUT2D eigenvalue weighted by Crippen LogP contribution is -2.50. The van der Waals surface area contributed by atoms with E-state index < -0.39 is 133 Å². The van der Waals surface area contributed by atoms with Crippen LogP contribution in [0.3, 0.4) is 0 Å². The summed E-state index contributed by atoms with van der Waals surface area (Å²) in [7, 11) is -12.8. The molecule has 2 aliphatic carbocycles. The first kappa shape index (κ1) is 53.2. The molecule has 1 spiro atoms. The average molecular weight is 1080 g/mol. The van der Waals surface area contributed by atoms with Crippen molar-refractivity contribution >= 4 is 69.9 Å². The number of anilines is 2. The van der Waals surface area contributed by atoms with Crippen LogP contribution in [0.4, 0.5) is 16.2 Å². The molecule has 11 atom stereocenters. The molecule has 6 heterocycles. The maximum absolute atomic E-state index is 17.4. The molecule has 3 N–H and O–H groups in total. The van der Waals surface area contributed by atoms with Crippen molar-refractivity contribution in [3.63, 3.8) is 0 Å². The number of aromatic nitrogens is 8. The molecule has 5 aromatic rings. The molecule has 9 rings (SSSR count). The molecule has 0 radical (unpaired) electrons. The number of alkyl halides is 1. The normalized spacial score (nSPS) is 30.1. The summed E-state index contributed by atoms with van der Waals surface area (Å²) in [5.41, 5.74) is -1.51. The number of nitrogens with zero attached hydrogens (tertiary/aromatic N) is 9. The largest absolute Gasteiger partial charge is 0.475 e. The lowest BCUT2D eigenvalue weighted by molar-refractivity contribution is -0.118. The van der Waals surface area contributed by atoms with Crippen molar-refractivity contribution in [1.29, 1.82) is 5.26 Å². The number of nitriles is 1. The first-order valence-electron chi connectivity index (χ1n) is 23.8. The summed E-state index contributed by atoms with van der Waals surface area (Å²) in [4.78, 5) is 67.2. The van der Waals surface area contributed by atoms with Crippen LogP contribution in [-0.2, 0) is 50.2 Å². The van der Waals surface area contributed by atoms with Gasteiger partial charge in [-0.05, 0) is 42.6 Å². The summed E-state index contributed by atoms with van der Waals surface area (Å²) in [6.45, 7) is 18.3. The number of imidazole rings is 2. The Labute approximate surface area is 424 Å². The number of H-pyrrole nitrogens is 1. The van der Waals surface area contributed by atoms with Crippen LogP contribution in [0.25, 0.3) is 27.2 Å². The van der Waals surface area contributed by atoms with E-state index in [1.165, 1.54) is 17.2 Å². The van der Waals surface area contributed by atoms with Gasteiger partial charge in [-0.2, -0.15) is 10.2 Å². The van der Waals surface area contributed by atoms with Gasteiger partial charge in [0.2, 0.25) is 18.4 Å². The van der Waals surface area contributed by atoms with Crippen LogP contribution in [0.15, 0.2) is 54.1 Å². The molecular formula is C45H55FN12O13P2Si. The van der Waals surface area contributed by atoms with E-state index in [0.29, 0.717) is 5.56 Å². The molecule has 394 valence electrons. The smallest absolute Gasteiger partial charge is 0.411 e. The van der Waals surface area contributed by atoms with E-state index in [0.717, 1.165) is 6.33 Å². The maximum Gasteiger partial charge on any atom is 0.475 e. The lowest BCUT2D eigenvalue weighted by Gasteiger charge is -2.43. The van der Waals surface area contributed by atoms with Crippen LogP contribution < -0.4 is 16.2 Å². The Morgan fingerprint density at radius 3 is 2.43 bits per heavy atom. The van der Waals surface area contributed by atoms with Gasteiger partial charge in [-0.1, -0.05) is 52.8 Å². The zero-order valence-electron chi connectivity index (χ0n) is 41.4. The topological polar surface area (TPSA) is 302 Å². The van der Waals surface area contributed by atoms with E-state index in [2.05, 4.69) is 45.4 Å². The van der Waals surface area contributed by atoms with Gasteiger partial charge in [-0.3, -0.25) is 56.4 Å². The summed E-state index contributed by atoms with van der Waals surface area (Å²) in [5, 5.41) is 14.4. The van der Waals surface area contributed by atoms with Crippen LogP contribution in [0.1, 0.15) is 70.1 Å². The second-order valence-electron chi connectivity index (χ2n) is 20.2. The van der Waals surface area contributed by atoms with Gasteiger partial charge in [0.1, 0.15) is 31.2 Å². The van der Waals surface area contributed by atoms with Crippen molar-refractivity contribution in [3.05, 3.63) is 76.6 Å². The van der Waals surface area contributed by atoms with Crippen molar-refractivity contribution in [2.75, 3.05) is 43.6 Å². The molecule has 29 heteroatoms. The second kappa shape index (κ2) is 20.5. The molecule has 2 saturated carbocycles. The number of phosphoric ester groups is 2. The SMILES string of the molecule is [C-]#[N+]CCOP1(=O)OCC23C[C@@H]2[C@@H](n2cnc4c(=O)[nH]c(NC(=O)C(C)C)nc42)[C@H](OP(=O)(OCCC#N)OC[C@H]2O[C@@H](n4cnc5c(NC(=O)c6ccccc6)ncnc54)[C@H](F)[C@@H]2O1)[C@@H]3O[Si](C)(C)C(C)(C)C. The van der Waals surface area contributed by atoms with Crippen molar-refractivity contribution in [3.8, 4) is 6.07 Å². The number of hydrogen-bond acceptors (Lipinski definition) is 19. The number of benzene rings is 1. The van der Waals surface area contributed by atoms with Gasteiger partial charge >= 0.3 is 15.6 Å². The number of amides is 2. The Morgan fingerprint density at radius 2 is 1.72 bits per heavy atom. The molecule has 2 amide bonds. The minimum Gasteiger partial charge on any atom is -0.411 e. The Hall–Kier alpha value is -5.67. The summed E-state index contributed by atoms with van der Waals surface area (Å²) < 4.78 is 101. The molecule has 4 aliphatic rings. The Bertz CT molecular complexity index is 3200. The number of rotatable bonds is 14. The molecule has 4 aromatic heterocycles. The van der Waals surface area contributed by atoms with Crippen molar-refractivity contribution in [2.45, 2.75) is 108 Å². The molecule has 1 aromatic carbocycles.